The molecule has 0 amide bonds. The van der Waals surface area contributed by atoms with Gasteiger partial charge in [-0.1, -0.05) is 6.07 Å². The van der Waals surface area contributed by atoms with Gasteiger partial charge in [-0.3, -0.25) is 4.98 Å². The Kier molecular flexibility index (Phi) is 4.02. The van der Waals surface area contributed by atoms with Gasteiger partial charge in [-0.15, -0.1) is 0 Å². The van der Waals surface area contributed by atoms with Crippen LogP contribution in [-0.2, 0) is 0 Å². The van der Waals surface area contributed by atoms with Gasteiger partial charge in [0.15, 0.2) is 0 Å². The molecule has 19 heavy (non-hydrogen) atoms. The molecule has 0 saturated carbocycles. The van der Waals surface area contributed by atoms with E-state index in [-0.39, 0.29) is 0 Å². The number of aliphatic hydroxyl groups excluding tert-OH is 1. The molecule has 1 atom stereocenters. The Balaban J connectivity index is 2.55. The molecule has 1 aromatic heterocycles. The minimum Gasteiger partial charge on any atom is -0.496 e. The van der Waals surface area contributed by atoms with Crippen LogP contribution in [-0.4, -0.2) is 24.3 Å². The number of methoxy groups -OCH3 is 2. The molecule has 4 heteroatoms. The van der Waals surface area contributed by atoms with Gasteiger partial charge < -0.3 is 14.6 Å². The van der Waals surface area contributed by atoms with E-state index >= 15 is 0 Å². The van der Waals surface area contributed by atoms with Gasteiger partial charge in [-0.05, 0) is 30.7 Å². The maximum absolute atomic E-state index is 10.6. The molecule has 0 spiro atoms. The molecule has 100 valence electrons. The normalized spacial score (nSPS) is 12.0. The highest BCUT2D eigenvalue weighted by molar-refractivity contribution is 5.50. The van der Waals surface area contributed by atoms with E-state index in [1.165, 1.54) is 0 Å². The first-order valence-electron chi connectivity index (χ1n) is 5.98. The average molecular weight is 259 g/mol. The fourth-order valence-corrected chi connectivity index (χ4v) is 2.07. The lowest BCUT2D eigenvalue weighted by molar-refractivity contribution is 0.207. The Morgan fingerprint density at radius 3 is 2.26 bits per heavy atom. The summed E-state index contributed by atoms with van der Waals surface area (Å²) in [6.07, 6.45) is 2.52. The fraction of sp³-hybridized carbons (Fsp3) is 0.267. The smallest absolute Gasteiger partial charge is 0.128 e. The van der Waals surface area contributed by atoms with E-state index in [0.29, 0.717) is 17.1 Å². The summed E-state index contributed by atoms with van der Waals surface area (Å²) in [5, 5.41) is 10.6. The van der Waals surface area contributed by atoms with Crippen molar-refractivity contribution in [3.05, 3.63) is 53.3 Å². The lowest BCUT2D eigenvalue weighted by atomic mass is 9.98. The lowest BCUT2D eigenvalue weighted by Gasteiger charge is -2.19. The van der Waals surface area contributed by atoms with E-state index in [9.17, 15) is 5.11 Å². The number of aliphatic hydroxyl groups is 1. The molecule has 0 aliphatic rings. The van der Waals surface area contributed by atoms with E-state index in [1.807, 2.05) is 19.1 Å². The average Bonchev–Trinajstić information content (AvgIpc) is 2.46. The van der Waals surface area contributed by atoms with Gasteiger partial charge >= 0.3 is 0 Å². The Morgan fingerprint density at radius 2 is 1.74 bits per heavy atom. The number of hydrogen-bond acceptors (Lipinski definition) is 4. The van der Waals surface area contributed by atoms with Crippen LogP contribution in [0.15, 0.2) is 36.7 Å². The third-order valence-electron chi connectivity index (χ3n) is 3.11. The largest absolute Gasteiger partial charge is 0.496 e. The van der Waals surface area contributed by atoms with Gasteiger partial charge in [-0.2, -0.15) is 0 Å². The lowest BCUT2D eigenvalue weighted by Crippen LogP contribution is -2.06. The number of pyridine rings is 1. The monoisotopic (exact) mass is 259 g/mol. The van der Waals surface area contributed by atoms with Crippen LogP contribution < -0.4 is 9.47 Å². The summed E-state index contributed by atoms with van der Waals surface area (Å²) in [6, 6.07) is 7.28. The van der Waals surface area contributed by atoms with Gasteiger partial charge in [0.2, 0.25) is 0 Å². The number of aryl methyl sites for hydroxylation is 1. The zero-order valence-corrected chi connectivity index (χ0v) is 11.3. The standard InChI is InChI=1S/C15H17NO3/c1-10-7-8-16-9-11(10)15(17)14-12(18-2)5-4-6-13(14)19-3/h4-9,15,17H,1-3H3. The van der Waals surface area contributed by atoms with Crippen molar-refractivity contribution >= 4 is 0 Å². The van der Waals surface area contributed by atoms with Gasteiger partial charge in [0, 0.05) is 18.0 Å². The Hall–Kier alpha value is -2.07. The highest BCUT2D eigenvalue weighted by Gasteiger charge is 2.21. The fourth-order valence-electron chi connectivity index (χ4n) is 2.07. The molecule has 0 aliphatic heterocycles. The molecule has 0 fully saturated rings. The van der Waals surface area contributed by atoms with Crippen LogP contribution in [0.1, 0.15) is 22.8 Å². The third kappa shape index (κ3) is 2.53. The summed E-state index contributed by atoms with van der Waals surface area (Å²) in [7, 11) is 3.14. The number of ether oxygens (including phenoxy) is 2. The van der Waals surface area contributed by atoms with Crippen LogP contribution in [0.4, 0.5) is 0 Å². The van der Waals surface area contributed by atoms with Gasteiger partial charge in [-0.25, -0.2) is 0 Å². The highest BCUT2D eigenvalue weighted by atomic mass is 16.5. The van der Waals surface area contributed by atoms with Gasteiger partial charge in [0.05, 0.1) is 19.8 Å². The molecule has 1 aromatic carbocycles. The summed E-state index contributed by atoms with van der Waals surface area (Å²) in [4.78, 5) is 4.06. The van der Waals surface area contributed by atoms with Crippen LogP contribution in [0.2, 0.25) is 0 Å². The molecule has 0 bridgehead atoms. The minimum absolute atomic E-state index is 0.593. The summed E-state index contributed by atoms with van der Waals surface area (Å²) < 4.78 is 10.6. The van der Waals surface area contributed by atoms with Crippen molar-refractivity contribution in [2.45, 2.75) is 13.0 Å². The second-order valence-electron chi connectivity index (χ2n) is 4.21. The summed E-state index contributed by atoms with van der Waals surface area (Å²) in [6.45, 7) is 1.93. The van der Waals surface area contributed by atoms with E-state index in [1.54, 1.807) is 38.7 Å². The van der Waals surface area contributed by atoms with E-state index in [2.05, 4.69) is 4.98 Å². The maximum atomic E-state index is 10.6. The maximum Gasteiger partial charge on any atom is 0.128 e. The van der Waals surface area contributed by atoms with Crippen molar-refractivity contribution in [2.75, 3.05) is 14.2 Å². The minimum atomic E-state index is -0.834. The van der Waals surface area contributed by atoms with Gasteiger partial charge in [0.25, 0.3) is 0 Å². The zero-order chi connectivity index (χ0) is 13.8. The zero-order valence-electron chi connectivity index (χ0n) is 11.3. The van der Waals surface area contributed by atoms with Crippen molar-refractivity contribution < 1.29 is 14.6 Å². The number of benzene rings is 1. The number of rotatable bonds is 4. The molecule has 2 rings (SSSR count). The van der Waals surface area contributed by atoms with E-state index in [0.717, 1.165) is 11.1 Å². The molecule has 2 aromatic rings. The second-order valence-corrected chi connectivity index (χ2v) is 4.21. The van der Waals surface area contributed by atoms with Crippen LogP contribution in [0.25, 0.3) is 0 Å². The van der Waals surface area contributed by atoms with Crippen LogP contribution in [0.3, 0.4) is 0 Å². The van der Waals surface area contributed by atoms with Crippen molar-refractivity contribution in [1.29, 1.82) is 0 Å². The molecule has 0 saturated heterocycles. The van der Waals surface area contributed by atoms with Crippen LogP contribution in [0.5, 0.6) is 11.5 Å². The molecule has 1 N–H and O–H groups in total. The topological polar surface area (TPSA) is 51.6 Å². The Labute approximate surface area is 112 Å². The van der Waals surface area contributed by atoms with Crippen LogP contribution in [0, 0.1) is 6.92 Å². The Morgan fingerprint density at radius 1 is 1.11 bits per heavy atom. The molecule has 1 unspecified atom stereocenters. The van der Waals surface area contributed by atoms with Gasteiger partial charge in [0.1, 0.15) is 17.6 Å². The van der Waals surface area contributed by atoms with Crippen molar-refractivity contribution in [1.82, 2.24) is 4.98 Å². The predicted octanol–water partition coefficient (Wildman–Crippen LogP) is 2.49. The number of aromatic nitrogens is 1. The summed E-state index contributed by atoms with van der Waals surface area (Å²) >= 11 is 0. The van der Waals surface area contributed by atoms with Crippen molar-refractivity contribution in [3.8, 4) is 11.5 Å². The third-order valence-corrected chi connectivity index (χ3v) is 3.11. The molecule has 1 heterocycles. The second kappa shape index (κ2) is 5.71. The predicted molar refractivity (Wildman–Crippen MR) is 72.6 cm³/mol. The van der Waals surface area contributed by atoms with E-state index < -0.39 is 6.10 Å². The number of hydrogen-bond donors (Lipinski definition) is 1. The molecule has 0 aliphatic carbocycles. The SMILES string of the molecule is COc1cccc(OC)c1C(O)c1cnccc1C. The number of nitrogens with zero attached hydrogens (tertiary/aromatic N) is 1. The molecular weight excluding hydrogens is 242 g/mol. The first-order chi connectivity index (χ1) is 9.19. The quantitative estimate of drug-likeness (QED) is 0.916. The summed E-state index contributed by atoms with van der Waals surface area (Å²) in [5.74, 6) is 1.19. The summed E-state index contributed by atoms with van der Waals surface area (Å²) in [5.41, 5.74) is 2.32. The highest BCUT2D eigenvalue weighted by Crippen LogP contribution is 2.37. The van der Waals surface area contributed by atoms with Crippen molar-refractivity contribution in [3.63, 3.8) is 0 Å². The van der Waals surface area contributed by atoms with Crippen LogP contribution >= 0.6 is 0 Å². The van der Waals surface area contributed by atoms with Crippen molar-refractivity contribution in [2.24, 2.45) is 0 Å². The Bertz CT molecular complexity index is 547. The molecule has 0 radical (unpaired) electrons. The van der Waals surface area contributed by atoms with E-state index in [4.69, 9.17) is 9.47 Å². The first kappa shape index (κ1) is 13.4. The molecule has 4 nitrogen and oxygen atoms in total. The first-order valence-corrected chi connectivity index (χ1v) is 5.98. The molecular formula is C15H17NO3.